The number of ether oxygens (including phenoxy) is 1. The molecule has 3 heteroatoms. The molecular weight excluding hydrogens is 216 g/mol. The van der Waals surface area contributed by atoms with Gasteiger partial charge in [-0.3, -0.25) is 4.79 Å². The van der Waals surface area contributed by atoms with E-state index in [1.807, 2.05) is 18.2 Å². The predicted octanol–water partition coefficient (Wildman–Crippen LogP) is 2.50. The quantitative estimate of drug-likeness (QED) is 0.851. The summed E-state index contributed by atoms with van der Waals surface area (Å²) in [6.45, 7) is 0.610. The predicted molar refractivity (Wildman–Crippen MR) is 64.9 cm³/mol. The third kappa shape index (κ3) is 3.30. The standard InChI is InChI=1S/C14H18O3/c15-14(16)12-7-4-8-13(12)17-10-9-11-5-2-1-3-6-11/h1-3,5-6,12-13H,4,7-10H2,(H,15,16). The van der Waals surface area contributed by atoms with Crippen LogP contribution in [0.5, 0.6) is 0 Å². The number of carboxylic acid groups (broad SMARTS) is 1. The molecule has 92 valence electrons. The van der Waals surface area contributed by atoms with Crippen molar-refractivity contribution in [2.75, 3.05) is 6.61 Å². The maximum Gasteiger partial charge on any atom is 0.309 e. The molecule has 1 N–H and O–H groups in total. The van der Waals surface area contributed by atoms with E-state index in [4.69, 9.17) is 9.84 Å². The van der Waals surface area contributed by atoms with Crippen LogP contribution in [0.4, 0.5) is 0 Å². The van der Waals surface area contributed by atoms with Crippen LogP contribution in [0, 0.1) is 5.92 Å². The molecule has 1 aliphatic rings. The fraction of sp³-hybridized carbons (Fsp3) is 0.500. The first-order valence-corrected chi connectivity index (χ1v) is 6.15. The monoisotopic (exact) mass is 234 g/mol. The largest absolute Gasteiger partial charge is 0.481 e. The van der Waals surface area contributed by atoms with E-state index in [1.165, 1.54) is 5.56 Å². The Kier molecular flexibility index (Phi) is 4.15. The van der Waals surface area contributed by atoms with Crippen molar-refractivity contribution in [1.29, 1.82) is 0 Å². The van der Waals surface area contributed by atoms with E-state index in [0.29, 0.717) is 6.61 Å². The maximum atomic E-state index is 11.0. The molecule has 1 aromatic rings. The zero-order valence-electron chi connectivity index (χ0n) is 9.84. The summed E-state index contributed by atoms with van der Waals surface area (Å²) in [5, 5.41) is 9.02. The Bertz CT molecular complexity index is 361. The number of benzene rings is 1. The summed E-state index contributed by atoms with van der Waals surface area (Å²) in [6.07, 6.45) is 3.37. The average Bonchev–Trinajstić information content (AvgIpc) is 2.79. The van der Waals surface area contributed by atoms with Gasteiger partial charge in [0.2, 0.25) is 0 Å². The molecule has 2 atom stereocenters. The van der Waals surface area contributed by atoms with E-state index < -0.39 is 5.97 Å². The van der Waals surface area contributed by atoms with E-state index in [0.717, 1.165) is 25.7 Å². The zero-order chi connectivity index (χ0) is 12.1. The number of carboxylic acids is 1. The SMILES string of the molecule is O=C(O)C1CCCC1OCCc1ccccc1. The number of aliphatic carboxylic acids is 1. The molecule has 1 aliphatic carbocycles. The third-order valence-electron chi connectivity index (χ3n) is 3.34. The fourth-order valence-corrected chi connectivity index (χ4v) is 2.38. The van der Waals surface area contributed by atoms with Gasteiger partial charge in [-0.2, -0.15) is 0 Å². The van der Waals surface area contributed by atoms with Gasteiger partial charge in [0, 0.05) is 0 Å². The Hall–Kier alpha value is -1.35. The van der Waals surface area contributed by atoms with E-state index in [1.54, 1.807) is 0 Å². The molecule has 17 heavy (non-hydrogen) atoms. The molecule has 0 spiro atoms. The van der Waals surface area contributed by atoms with Crippen molar-refractivity contribution in [3.63, 3.8) is 0 Å². The number of hydrogen-bond acceptors (Lipinski definition) is 2. The molecule has 0 saturated heterocycles. The van der Waals surface area contributed by atoms with E-state index in [-0.39, 0.29) is 12.0 Å². The highest BCUT2D eigenvalue weighted by molar-refractivity contribution is 5.71. The van der Waals surface area contributed by atoms with Gasteiger partial charge in [-0.15, -0.1) is 0 Å². The highest BCUT2D eigenvalue weighted by Gasteiger charge is 2.33. The summed E-state index contributed by atoms with van der Waals surface area (Å²) < 4.78 is 5.70. The molecule has 1 aromatic carbocycles. The van der Waals surface area contributed by atoms with Crippen molar-refractivity contribution >= 4 is 5.97 Å². The van der Waals surface area contributed by atoms with Gasteiger partial charge in [0.1, 0.15) is 0 Å². The minimum atomic E-state index is -0.716. The van der Waals surface area contributed by atoms with Crippen LogP contribution in [0.3, 0.4) is 0 Å². The van der Waals surface area contributed by atoms with Crippen LogP contribution in [0.15, 0.2) is 30.3 Å². The van der Waals surface area contributed by atoms with Gasteiger partial charge in [0.25, 0.3) is 0 Å². The molecular formula is C14H18O3. The molecule has 2 unspecified atom stereocenters. The van der Waals surface area contributed by atoms with Gasteiger partial charge < -0.3 is 9.84 Å². The van der Waals surface area contributed by atoms with Crippen molar-refractivity contribution < 1.29 is 14.6 Å². The zero-order valence-corrected chi connectivity index (χ0v) is 9.84. The second-order valence-corrected chi connectivity index (χ2v) is 4.52. The second-order valence-electron chi connectivity index (χ2n) is 4.52. The van der Waals surface area contributed by atoms with Gasteiger partial charge in [-0.05, 0) is 31.2 Å². The van der Waals surface area contributed by atoms with Crippen molar-refractivity contribution in [3.8, 4) is 0 Å². The minimum Gasteiger partial charge on any atom is -0.481 e. The van der Waals surface area contributed by atoms with Crippen molar-refractivity contribution in [2.24, 2.45) is 5.92 Å². The summed E-state index contributed by atoms with van der Waals surface area (Å²) >= 11 is 0. The Morgan fingerprint density at radius 1 is 1.29 bits per heavy atom. The summed E-state index contributed by atoms with van der Waals surface area (Å²) in [5.74, 6) is -1.02. The summed E-state index contributed by atoms with van der Waals surface area (Å²) in [5.41, 5.74) is 1.23. The smallest absolute Gasteiger partial charge is 0.309 e. The van der Waals surface area contributed by atoms with Gasteiger partial charge in [0.15, 0.2) is 0 Å². The average molecular weight is 234 g/mol. The van der Waals surface area contributed by atoms with Crippen LogP contribution in [0.25, 0.3) is 0 Å². The molecule has 2 rings (SSSR count). The third-order valence-corrected chi connectivity index (χ3v) is 3.34. The van der Waals surface area contributed by atoms with E-state index in [9.17, 15) is 4.79 Å². The molecule has 0 amide bonds. The molecule has 0 aromatic heterocycles. The molecule has 1 saturated carbocycles. The number of carbonyl (C=O) groups is 1. The number of rotatable bonds is 5. The lowest BCUT2D eigenvalue weighted by atomic mass is 10.1. The van der Waals surface area contributed by atoms with Crippen LogP contribution >= 0.6 is 0 Å². The van der Waals surface area contributed by atoms with Gasteiger partial charge in [-0.1, -0.05) is 30.3 Å². The lowest BCUT2D eigenvalue weighted by Crippen LogP contribution is -2.26. The van der Waals surface area contributed by atoms with Crippen LogP contribution in [-0.2, 0) is 16.0 Å². The maximum absolute atomic E-state index is 11.0. The summed E-state index contributed by atoms with van der Waals surface area (Å²) in [4.78, 5) is 11.0. The first-order valence-electron chi connectivity index (χ1n) is 6.15. The van der Waals surface area contributed by atoms with Crippen molar-refractivity contribution in [1.82, 2.24) is 0 Å². The normalized spacial score (nSPS) is 23.8. The molecule has 0 aliphatic heterocycles. The molecule has 0 heterocycles. The van der Waals surface area contributed by atoms with Crippen molar-refractivity contribution in [3.05, 3.63) is 35.9 Å². The Morgan fingerprint density at radius 3 is 2.76 bits per heavy atom. The lowest BCUT2D eigenvalue weighted by molar-refractivity contribution is -0.146. The highest BCUT2D eigenvalue weighted by Crippen LogP contribution is 2.28. The van der Waals surface area contributed by atoms with Crippen LogP contribution in [-0.4, -0.2) is 23.8 Å². The van der Waals surface area contributed by atoms with Gasteiger partial charge in [-0.25, -0.2) is 0 Å². The van der Waals surface area contributed by atoms with E-state index >= 15 is 0 Å². The first-order chi connectivity index (χ1) is 8.27. The van der Waals surface area contributed by atoms with Crippen LogP contribution in [0.1, 0.15) is 24.8 Å². The topological polar surface area (TPSA) is 46.5 Å². The van der Waals surface area contributed by atoms with Gasteiger partial charge >= 0.3 is 5.97 Å². The molecule has 3 nitrogen and oxygen atoms in total. The Balaban J connectivity index is 1.77. The van der Waals surface area contributed by atoms with Gasteiger partial charge in [0.05, 0.1) is 18.6 Å². The van der Waals surface area contributed by atoms with Crippen LogP contribution in [0.2, 0.25) is 0 Å². The Morgan fingerprint density at radius 2 is 2.06 bits per heavy atom. The Labute approximate surface area is 101 Å². The number of hydrogen-bond donors (Lipinski definition) is 1. The highest BCUT2D eigenvalue weighted by atomic mass is 16.5. The van der Waals surface area contributed by atoms with Crippen LogP contribution < -0.4 is 0 Å². The second kappa shape index (κ2) is 5.82. The first kappa shape index (κ1) is 12.1. The minimum absolute atomic E-state index is 0.0868. The molecule has 0 radical (unpaired) electrons. The molecule has 1 fully saturated rings. The fourth-order valence-electron chi connectivity index (χ4n) is 2.38. The summed E-state index contributed by atoms with van der Waals surface area (Å²) in [6, 6.07) is 10.1. The van der Waals surface area contributed by atoms with E-state index in [2.05, 4.69) is 12.1 Å². The van der Waals surface area contributed by atoms with Crippen molar-refractivity contribution in [2.45, 2.75) is 31.8 Å². The molecule has 0 bridgehead atoms. The lowest BCUT2D eigenvalue weighted by Gasteiger charge is -2.16. The summed E-state index contributed by atoms with van der Waals surface area (Å²) in [7, 11) is 0.